The van der Waals surface area contributed by atoms with Crippen LogP contribution in [0.25, 0.3) is 10.9 Å². The molecule has 2 unspecified atom stereocenters. The van der Waals surface area contributed by atoms with Crippen LogP contribution in [0.1, 0.15) is 64.8 Å². The summed E-state index contributed by atoms with van der Waals surface area (Å²) in [4.78, 5) is 18.4. The minimum Gasteiger partial charge on any atom is -0.496 e. The van der Waals surface area contributed by atoms with Gasteiger partial charge in [0.1, 0.15) is 11.5 Å². The first-order valence-electron chi connectivity index (χ1n) is 10.2. The third-order valence-corrected chi connectivity index (χ3v) is 5.36. The number of piperidine rings is 1. The predicted molar refractivity (Wildman–Crippen MR) is 109 cm³/mol. The largest absolute Gasteiger partial charge is 0.496 e. The summed E-state index contributed by atoms with van der Waals surface area (Å²) in [5.41, 5.74) is 3.70. The minimum atomic E-state index is 0.219. The summed E-state index contributed by atoms with van der Waals surface area (Å²) in [6.45, 7) is 12.1. The zero-order chi connectivity index (χ0) is 19.3. The van der Waals surface area contributed by atoms with E-state index in [0.29, 0.717) is 12.2 Å². The molecule has 4 heteroatoms. The predicted octanol–water partition coefficient (Wildman–Crippen LogP) is 5.13. The molecular formula is C22H34N2O2. The lowest BCUT2D eigenvalue weighted by Gasteiger charge is -2.41. The number of methoxy groups -OCH3 is 1. The number of rotatable bonds is 2. The van der Waals surface area contributed by atoms with Crippen LogP contribution in [0.4, 0.5) is 0 Å². The molecule has 144 valence electrons. The number of H-pyrrole nitrogens is 1. The summed E-state index contributed by atoms with van der Waals surface area (Å²) in [7, 11) is 1.72. The van der Waals surface area contributed by atoms with Crippen molar-refractivity contribution in [2.24, 2.45) is 5.92 Å². The summed E-state index contributed by atoms with van der Waals surface area (Å²) >= 11 is 0. The van der Waals surface area contributed by atoms with E-state index in [1.165, 1.54) is 16.6 Å². The van der Waals surface area contributed by atoms with Crippen LogP contribution in [0.15, 0.2) is 18.2 Å². The highest BCUT2D eigenvalue weighted by Gasteiger charge is 2.38. The molecule has 0 aliphatic carbocycles. The van der Waals surface area contributed by atoms with Crippen molar-refractivity contribution in [3.8, 4) is 5.75 Å². The summed E-state index contributed by atoms with van der Waals surface area (Å²) in [5.74, 6) is 1.57. The molecule has 0 saturated carbocycles. The Morgan fingerprint density at radius 1 is 1.23 bits per heavy atom. The molecule has 2 atom stereocenters. The zero-order valence-corrected chi connectivity index (χ0v) is 17.2. The van der Waals surface area contributed by atoms with E-state index in [1.54, 1.807) is 7.11 Å². The second-order valence-corrected chi connectivity index (χ2v) is 6.44. The van der Waals surface area contributed by atoms with Gasteiger partial charge in [0.25, 0.3) is 0 Å². The van der Waals surface area contributed by atoms with Crippen molar-refractivity contribution < 1.29 is 9.53 Å². The normalized spacial score (nSPS) is 21.7. The van der Waals surface area contributed by atoms with Gasteiger partial charge in [-0.1, -0.05) is 40.7 Å². The standard InChI is InChI=1S/C18H22N2O2.2C2H6/c1-3-11-10-20-8-7-12-17-13(5-4-6-16(17)22-2)19-18(12)14(20)9-15(11)21;2*1-2/h4-6,11,14,19H,3,7-10H2,1-2H3;2*1-2H3. The van der Waals surface area contributed by atoms with Crippen LogP contribution in [-0.4, -0.2) is 35.9 Å². The highest BCUT2D eigenvalue weighted by molar-refractivity contribution is 5.91. The van der Waals surface area contributed by atoms with Gasteiger partial charge in [-0.15, -0.1) is 0 Å². The van der Waals surface area contributed by atoms with E-state index in [-0.39, 0.29) is 12.0 Å². The van der Waals surface area contributed by atoms with Gasteiger partial charge in [0.15, 0.2) is 0 Å². The fraction of sp³-hybridized carbons (Fsp3) is 0.591. The molecule has 1 N–H and O–H groups in total. The average Bonchev–Trinajstić information content (AvgIpc) is 3.10. The molecule has 0 radical (unpaired) electrons. The number of ketones is 1. The highest BCUT2D eigenvalue weighted by Crippen LogP contribution is 2.42. The number of nitrogens with one attached hydrogen (secondary N) is 1. The summed E-state index contributed by atoms with van der Waals surface area (Å²) < 4.78 is 5.54. The van der Waals surface area contributed by atoms with Crippen LogP contribution in [-0.2, 0) is 11.2 Å². The lowest BCUT2D eigenvalue weighted by molar-refractivity contribution is -0.128. The van der Waals surface area contributed by atoms with Crippen LogP contribution < -0.4 is 4.74 Å². The van der Waals surface area contributed by atoms with E-state index in [2.05, 4.69) is 22.9 Å². The Labute approximate surface area is 157 Å². The van der Waals surface area contributed by atoms with Crippen LogP contribution in [0.2, 0.25) is 0 Å². The molecule has 26 heavy (non-hydrogen) atoms. The first-order valence-corrected chi connectivity index (χ1v) is 10.2. The number of benzene rings is 1. The van der Waals surface area contributed by atoms with Gasteiger partial charge in [0, 0.05) is 42.0 Å². The molecular weight excluding hydrogens is 324 g/mol. The summed E-state index contributed by atoms with van der Waals surface area (Å²) in [5, 5.41) is 1.20. The number of aromatic nitrogens is 1. The first-order chi connectivity index (χ1) is 12.7. The lowest BCUT2D eigenvalue weighted by atomic mass is 9.84. The Morgan fingerprint density at radius 2 is 1.96 bits per heavy atom. The third kappa shape index (κ3) is 3.52. The molecule has 1 saturated heterocycles. The summed E-state index contributed by atoms with van der Waals surface area (Å²) in [6, 6.07) is 6.35. The van der Waals surface area contributed by atoms with Gasteiger partial charge < -0.3 is 9.72 Å². The molecule has 0 bridgehead atoms. The number of nitrogens with zero attached hydrogens (tertiary/aromatic N) is 1. The number of ether oxygens (including phenoxy) is 1. The van der Waals surface area contributed by atoms with Crippen molar-refractivity contribution in [1.82, 2.24) is 9.88 Å². The SMILES string of the molecule is CC.CC.CCC1CN2CCc3c([nH]c4cccc(OC)c34)C2CC1=O. The molecule has 1 aromatic carbocycles. The fourth-order valence-electron chi connectivity index (χ4n) is 4.16. The van der Waals surface area contributed by atoms with E-state index < -0.39 is 0 Å². The number of Topliss-reactive ketones (excluding diaryl/α,β-unsaturated/α-hetero) is 1. The number of aromatic amines is 1. The number of fused-ring (bicyclic) bond motifs is 5. The van der Waals surface area contributed by atoms with E-state index in [1.807, 2.05) is 39.8 Å². The summed E-state index contributed by atoms with van der Waals surface area (Å²) in [6.07, 6.45) is 2.62. The maximum absolute atomic E-state index is 12.4. The number of hydrogen-bond donors (Lipinski definition) is 1. The van der Waals surface area contributed by atoms with Crippen LogP contribution in [0.5, 0.6) is 5.75 Å². The maximum Gasteiger partial charge on any atom is 0.139 e. The number of carbonyl (C=O) groups excluding carboxylic acids is 1. The van der Waals surface area contributed by atoms with Gasteiger partial charge in [-0.25, -0.2) is 0 Å². The van der Waals surface area contributed by atoms with Crippen molar-refractivity contribution in [2.45, 2.75) is 59.9 Å². The highest BCUT2D eigenvalue weighted by atomic mass is 16.5. The Kier molecular flexibility index (Phi) is 7.27. The van der Waals surface area contributed by atoms with Gasteiger partial charge in [-0.2, -0.15) is 0 Å². The Hall–Kier alpha value is -1.81. The van der Waals surface area contributed by atoms with E-state index in [9.17, 15) is 4.79 Å². The van der Waals surface area contributed by atoms with Crippen LogP contribution >= 0.6 is 0 Å². The molecule has 0 amide bonds. The lowest BCUT2D eigenvalue weighted by Crippen LogP contribution is -2.46. The molecule has 1 aromatic heterocycles. The molecule has 4 nitrogen and oxygen atoms in total. The van der Waals surface area contributed by atoms with Gasteiger partial charge >= 0.3 is 0 Å². The fourth-order valence-corrected chi connectivity index (χ4v) is 4.16. The topological polar surface area (TPSA) is 45.3 Å². The average molecular weight is 359 g/mol. The van der Waals surface area contributed by atoms with Crippen molar-refractivity contribution >= 4 is 16.7 Å². The molecule has 0 spiro atoms. The molecule has 1 fully saturated rings. The molecule has 2 aliphatic heterocycles. The number of hydrogen-bond acceptors (Lipinski definition) is 3. The maximum atomic E-state index is 12.4. The van der Waals surface area contributed by atoms with E-state index >= 15 is 0 Å². The van der Waals surface area contributed by atoms with Gasteiger partial charge in [-0.3, -0.25) is 9.69 Å². The van der Waals surface area contributed by atoms with Crippen molar-refractivity contribution in [3.63, 3.8) is 0 Å². The smallest absolute Gasteiger partial charge is 0.139 e. The van der Waals surface area contributed by atoms with Gasteiger partial charge in [0.2, 0.25) is 0 Å². The van der Waals surface area contributed by atoms with Crippen LogP contribution in [0, 0.1) is 5.92 Å². The number of carbonyl (C=O) groups is 1. The second-order valence-electron chi connectivity index (χ2n) is 6.44. The van der Waals surface area contributed by atoms with Crippen LogP contribution in [0.3, 0.4) is 0 Å². The van der Waals surface area contributed by atoms with Crippen molar-refractivity contribution in [3.05, 3.63) is 29.5 Å². The second kappa shape index (κ2) is 9.22. The van der Waals surface area contributed by atoms with Crippen molar-refractivity contribution in [1.29, 1.82) is 0 Å². The minimum absolute atomic E-state index is 0.219. The Morgan fingerprint density at radius 3 is 2.62 bits per heavy atom. The van der Waals surface area contributed by atoms with E-state index in [0.717, 1.165) is 37.2 Å². The molecule has 2 aromatic rings. The molecule has 3 heterocycles. The van der Waals surface area contributed by atoms with Gasteiger partial charge in [-0.05, 0) is 30.5 Å². The first kappa shape index (κ1) is 20.5. The Balaban J connectivity index is 0.000000570. The van der Waals surface area contributed by atoms with Crippen molar-refractivity contribution in [2.75, 3.05) is 20.2 Å². The quantitative estimate of drug-likeness (QED) is 0.810. The molecule has 2 aliphatic rings. The Bertz CT molecular complexity index is 735. The van der Waals surface area contributed by atoms with Gasteiger partial charge in [0.05, 0.1) is 13.2 Å². The monoisotopic (exact) mass is 358 g/mol. The van der Waals surface area contributed by atoms with E-state index in [4.69, 9.17) is 4.74 Å². The third-order valence-electron chi connectivity index (χ3n) is 5.36. The zero-order valence-electron chi connectivity index (χ0n) is 17.2. The molecule has 4 rings (SSSR count).